The smallest absolute Gasteiger partial charge is 0.405 e. The van der Waals surface area contributed by atoms with Crippen LogP contribution in [0.2, 0.25) is 0 Å². The summed E-state index contributed by atoms with van der Waals surface area (Å²) in [6.45, 7) is 5.86. The summed E-state index contributed by atoms with van der Waals surface area (Å²) in [7, 11) is 1.49. The molecule has 0 aliphatic carbocycles. The zero-order valence-electron chi connectivity index (χ0n) is 9.09. The van der Waals surface area contributed by atoms with Crippen LogP contribution in [0.4, 0.5) is 4.79 Å². The van der Waals surface area contributed by atoms with Gasteiger partial charge in [-0.3, -0.25) is 4.79 Å². The minimum atomic E-state index is -0.928. The second-order valence-electron chi connectivity index (χ2n) is 4.30. The van der Waals surface area contributed by atoms with Crippen LogP contribution in [0.1, 0.15) is 27.2 Å². The van der Waals surface area contributed by atoms with E-state index >= 15 is 0 Å². The monoisotopic (exact) mass is 202 g/mol. The van der Waals surface area contributed by atoms with Gasteiger partial charge in [-0.15, -0.1) is 0 Å². The van der Waals surface area contributed by atoms with E-state index in [0.717, 1.165) is 0 Å². The number of rotatable bonds is 3. The van der Waals surface area contributed by atoms with Crippen molar-refractivity contribution in [2.75, 3.05) is 7.05 Å². The van der Waals surface area contributed by atoms with Gasteiger partial charge in [-0.05, 0) is 11.8 Å². The van der Waals surface area contributed by atoms with Gasteiger partial charge in [0, 0.05) is 7.05 Å². The molecule has 82 valence electrons. The minimum Gasteiger partial charge on any atom is -0.436 e. The molecule has 0 radical (unpaired) electrons. The Balaban J connectivity index is 4.40. The molecule has 0 aliphatic heterocycles. The maximum atomic E-state index is 11.3. The summed E-state index contributed by atoms with van der Waals surface area (Å²) in [6.07, 6.45) is -1.30. The molecule has 0 spiro atoms. The molecule has 5 nitrogen and oxygen atoms in total. The van der Waals surface area contributed by atoms with Crippen LogP contribution in [0, 0.1) is 5.41 Å². The average Bonchev–Trinajstić information content (AvgIpc) is 1.98. The fourth-order valence-corrected chi connectivity index (χ4v) is 1.05. The minimum absolute atomic E-state index is 0.105. The Bertz CT molecular complexity index is 221. The van der Waals surface area contributed by atoms with Gasteiger partial charge < -0.3 is 15.8 Å². The van der Waals surface area contributed by atoms with Crippen LogP contribution in [0.5, 0.6) is 0 Å². The van der Waals surface area contributed by atoms with E-state index in [2.05, 4.69) is 5.32 Å². The van der Waals surface area contributed by atoms with Crippen LogP contribution >= 0.6 is 0 Å². The molecule has 0 saturated carbocycles. The number of primary amides is 1. The van der Waals surface area contributed by atoms with Crippen molar-refractivity contribution in [1.82, 2.24) is 5.32 Å². The predicted molar refractivity (Wildman–Crippen MR) is 52.6 cm³/mol. The summed E-state index contributed by atoms with van der Waals surface area (Å²) in [5, 5.41) is 2.42. The molecule has 14 heavy (non-hydrogen) atoms. The third kappa shape index (κ3) is 5.40. The Morgan fingerprint density at radius 2 is 1.93 bits per heavy atom. The molecule has 0 aliphatic rings. The Hall–Kier alpha value is -1.26. The lowest BCUT2D eigenvalue weighted by molar-refractivity contribution is -0.130. The van der Waals surface area contributed by atoms with Crippen molar-refractivity contribution < 1.29 is 14.3 Å². The molecule has 0 aromatic carbocycles. The lowest BCUT2D eigenvalue weighted by Gasteiger charge is -2.23. The van der Waals surface area contributed by atoms with Crippen LogP contribution in [0.15, 0.2) is 0 Å². The first-order valence-electron chi connectivity index (χ1n) is 4.44. The molecule has 0 saturated heterocycles. The molecule has 1 atom stereocenters. The Kier molecular flexibility index (Phi) is 4.40. The third-order valence-electron chi connectivity index (χ3n) is 1.60. The lowest BCUT2D eigenvalue weighted by atomic mass is 9.89. The van der Waals surface area contributed by atoms with E-state index in [-0.39, 0.29) is 11.3 Å². The van der Waals surface area contributed by atoms with Crippen molar-refractivity contribution in [3.05, 3.63) is 0 Å². The average molecular weight is 202 g/mol. The topological polar surface area (TPSA) is 81.4 Å². The van der Waals surface area contributed by atoms with Crippen LogP contribution in [0.25, 0.3) is 0 Å². The van der Waals surface area contributed by atoms with E-state index in [1.54, 1.807) is 0 Å². The fourth-order valence-electron chi connectivity index (χ4n) is 1.05. The number of hydrogen-bond acceptors (Lipinski definition) is 3. The highest BCUT2D eigenvalue weighted by molar-refractivity contribution is 5.82. The summed E-state index contributed by atoms with van der Waals surface area (Å²) in [4.78, 5) is 21.8. The van der Waals surface area contributed by atoms with Crippen molar-refractivity contribution in [3.63, 3.8) is 0 Å². The van der Waals surface area contributed by atoms with Crippen LogP contribution < -0.4 is 11.1 Å². The molecule has 0 fully saturated rings. The van der Waals surface area contributed by atoms with Crippen molar-refractivity contribution in [1.29, 1.82) is 0 Å². The normalized spacial score (nSPS) is 13.1. The molecule has 1 unspecified atom stereocenters. The Morgan fingerprint density at radius 3 is 2.21 bits per heavy atom. The van der Waals surface area contributed by atoms with Crippen molar-refractivity contribution in [3.8, 4) is 0 Å². The highest BCUT2D eigenvalue weighted by atomic mass is 16.6. The van der Waals surface area contributed by atoms with Crippen molar-refractivity contribution in [2.24, 2.45) is 11.1 Å². The number of carbonyl (C=O) groups excluding carboxylic acids is 2. The third-order valence-corrected chi connectivity index (χ3v) is 1.60. The van der Waals surface area contributed by atoms with E-state index < -0.39 is 12.2 Å². The molecule has 5 heteroatoms. The Morgan fingerprint density at radius 1 is 1.43 bits per heavy atom. The highest BCUT2D eigenvalue weighted by Gasteiger charge is 2.26. The molecular weight excluding hydrogens is 184 g/mol. The predicted octanol–water partition coefficient (Wildman–Crippen LogP) is 0.632. The number of nitrogens with two attached hydrogens (primary N) is 1. The van der Waals surface area contributed by atoms with Gasteiger partial charge in [-0.1, -0.05) is 20.8 Å². The van der Waals surface area contributed by atoms with Crippen LogP contribution in [-0.4, -0.2) is 25.2 Å². The zero-order valence-corrected chi connectivity index (χ0v) is 9.09. The number of amides is 2. The molecule has 0 heterocycles. The van der Waals surface area contributed by atoms with E-state index in [9.17, 15) is 9.59 Å². The maximum Gasteiger partial charge on any atom is 0.405 e. The highest BCUT2D eigenvalue weighted by Crippen LogP contribution is 2.22. The zero-order chi connectivity index (χ0) is 11.4. The van der Waals surface area contributed by atoms with Crippen molar-refractivity contribution in [2.45, 2.75) is 33.3 Å². The van der Waals surface area contributed by atoms with Crippen molar-refractivity contribution >= 4 is 12.0 Å². The fraction of sp³-hybridized carbons (Fsp3) is 0.778. The quantitative estimate of drug-likeness (QED) is 0.704. The summed E-state index contributed by atoms with van der Waals surface area (Å²) >= 11 is 0. The number of likely N-dealkylation sites (N-methyl/N-ethyl adjacent to an activating group) is 1. The summed E-state index contributed by atoms with van der Waals surface area (Å²) in [5.74, 6) is -0.335. The molecule has 0 aromatic heterocycles. The largest absolute Gasteiger partial charge is 0.436 e. The number of carbonyl (C=O) groups is 2. The van der Waals surface area contributed by atoms with Gasteiger partial charge in [0.15, 0.2) is 6.10 Å². The second-order valence-corrected chi connectivity index (χ2v) is 4.30. The van der Waals surface area contributed by atoms with E-state index in [4.69, 9.17) is 10.5 Å². The number of nitrogens with one attached hydrogen (secondary N) is 1. The van der Waals surface area contributed by atoms with Gasteiger partial charge in [-0.2, -0.15) is 0 Å². The van der Waals surface area contributed by atoms with Gasteiger partial charge in [0.25, 0.3) is 5.91 Å². The molecule has 2 amide bonds. The van der Waals surface area contributed by atoms with Gasteiger partial charge in [0.05, 0.1) is 0 Å². The molecule has 0 aromatic rings. The van der Waals surface area contributed by atoms with Gasteiger partial charge in [0.1, 0.15) is 0 Å². The Labute approximate surface area is 84.0 Å². The standard InChI is InChI=1S/C9H18N2O3/c1-9(2,3)5-6(7(12)11-4)14-8(10)13/h6H,5H2,1-4H3,(H2,10,13)(H,11,12). The second kappa shape index (κ2) is 4.83. The van der Waals surface area contributed by atoms with Gasteiger partial charge in [-0.25, -0.2) is 4.79 Å². The van der Waals surface area contributed by atoms with E-state index in [1.807, 2.05) is 20.8 Å². The maximum absolute atomic E-state index is 11.3. The summed E-state index contributed by atoms with van der Waals surface area (Å²) in [5.41, 5.74) is 4.76. The first-order valence-corrected chi connectivity index (χ1v) is 4.44. The molecule has 0 bridgehead atoms. The van der Waals surface area contributed by atoms with Gasteiger partial charge in [0.2, 0.25) is 0 Å². The van der Waals surface area contributed by atoms with Crippen LogP contribution in [0.3, 0.4) is 0 Å². The first-order chi connectivity index (χ1) is 6.26. The summed E-state index contributed by atoms with van der Waals surface area (Å²) < 4.78 is 4.71. The summed E-state index contributed by atoms with van der Waals surface area (Å²) in [6, 6.07) is 0. The number of ether oxygens (including phenoxy) is 1. The molecule has 0 rings (SSSR count). The molecule has 3 N–H and O–H groups in total. The van der Waals surface area contributed by atoms with Crippen LogP contribution in [-0.2, 0) is 9.53 Å². The lowest BCUT2D eigenvalue weighted by Crippen LogP contribution is -2.39. The van der Waals surface area contributed by atoms with Gasteiger partial charge >= 0.3 is 6.09 Å². The number of hydrogen-bond donors (Lipinski definition) is 2. The molecular formula is C9H18N2O3. The first kappa shape index (κ1) is 12.7. The van der Waals surface area contributed by atoms with E-state index in [0.29, 0.717) is 6.42 Å². The SMILES string of the molecule is CNC(=O)C(CC(C)(C)C)OC(N)=O. The van der Waals surface area contributed by atoms with E-state index in [1.165, 1.54) is 7.05 Å².